The van der Waals surface area contributed by atoms with Crippen LogP contribution in [0.2, 0.25) is 5.02 Å². The van der Waals surface area contributed by atoms with Crippen LogP contribution >= 0.6 is 11.6 Å². The molecule has 3 aromatic rings. The number of benzene rings is 2. The summed E-state index contributed by atoms with van der Waals surface area (Å²) in [6, 6.07) is 10.5. The largest absolute Gasteiger partial charge is 0.324 e. The number of fused-ring (bicyclic) bond motifs is 1. The number of nitrogens with zero attached hydrogens (tertiary/aromatic N) is 2. The number of rotatable bonds is 5. The van der Waals surface area contributed by atoms with Gasteiger partial charge in [0.05, 0.1) is 16.3 Å². The third-order valence-corrected chi connectivity index (χ3v) is 5.47. The SMILES string of the molecule is C#Cc1ccc2nc(Nc3ccc(CS(=O)(=O)NC)cc3)ncc2c1Cl. The van der Waals surface area contributed by atoms with Crippen molar-refractivity contribution in [3.8, 4) is 12.3 Å². The normalized spacial score (nSPS) is 11.3. The van der Waals surface area contributed by atoms with E-state index in [1.54, 1.807) is 42.6 Å². The number of terminal acetylenes is 1. The van der Waals surface area contributed by atoms with Gasteiger partial charge in [-0.05, 0) is 36.9 Å². The molecule has 2 aromatic carbocycles. The molecule has 0 aliphatic carbocycles. The summed E-state index contributed by atoms with van der Waals surface area (Å²) in [5.74, 6) is 2.84. The van der Waals surface area contributed by atoms with Crippen LogP contribution in [0.15, 0.2) is 42.6 Å². The second-order valence-electron chi connectivity index (χ2n) is 5.48. The van der Waals surface area contributed by atoms with Crippen LogP contribution in [0.3, 0.4) is 0 Å². The van der Waals surface area contributed by atoms with Crippen LogP contribution in [0.5, 0.6) is 0 Å². The molecular formula is C18H15ClN4O2S. The van der Waals surface area contributed by atoms with Crippen molar-refractivity contribution in [2.45, 2.75) is 5.75 Å². The van der Waals surface area contributed by atoms with Gasteiger partial charge in [0.25, 0.3) is 0 Å². The van der Waals surface area contributed by atoms with Crippen LogP contribution in [0, 0.1) is 12.3 Å². The highest BCUT2D eigenvalue weighted by atomic mass is 35.5. The summed E-state index contributed by atoms with van der Waals surface area (Å²) in [6.45, 7) is 0. The molecule has 0 spiro atoms. The van der Waals surface area contributed by atoms with Crippen LogP contribution in [0.1, 0.15) is 11.1 Å². The first kappa shape index (κ1) is 18.1. The van der Waals surface area contributed by atoms with E-state index in [4.69, 9.17) is 18.0 Å². The van der Waals surface area contributed by atoms with E-state index in [0.717, 1.165) is 5.69 Å². The van der Waals surface area contributed by atoms with Crippen molar-refractivity contribution >= 4 is 44.2 Å². The number of sulfonamides is 1. The standard InChI is InChI=1S/C18H15ClN4O2S/c1-3-13-6-9-16-15(17(13)19)10-21-18(23-16)22-14-7-4-12(5-8-14)11-26(24,25)20-2/h1,4-10,20H,11H2,2H3,(H,21,22,23). The zero-order valence-corrected chi connectivity index (χ0v) is 15.4. The molecule has 0 saturated heterocycles. The fourth-order valence-electron chi connectivity index (χ4n) is 2.35. The minimum atomic E-state index is -3.30. The van der Waals surface area contributed by atoms with Crippen molar-refractivity contribution in [2.24, 2.45) is 0 Å². The maximum absolute atomic E-state index is 11.6. The summed E-state index contributed by atoms with van der Waals surface area (Å²) in [6.07, 6.45) is 7.02. The van der Waals surface area contributed by atoms with Crippen LogP contribution in [-0.4, -0.2) is 25.4 Å². The Kier molecular flexibility index (Phi) is 5.09. The first-order valence-corrected chi connectivity index (χ1v) is 9.64. The number of halogens is 1. The van der Waals surface area contributed by atoms with Crippen LogP contribution in [0.4, 0.5) is 11.6 Å². The molecule has 0 amide bonds. The van der Waals surface area contributed by atoms with Gasteiger partial charge in [0.1, 0.15) is 0 Å². The molecule has 0 unspecified atom stereocenters. The van der Waals surface area contributed by atoms with Gasteiger partial charge < -0.3 is 5.32 Å². The van der Waals surface area contributed by atoms with Gasteiger partial charge >= 0.3 is 0 Å². The van der Waals surface area contributed by atoms with Crippen LogP contribution in [-0.2, 0) is 15.8 Å². The number of hydrogen-bond donors (Lipinski definition) is 2. The van der Waals surface area contributed by atoms with E-state index in [1.807, 2.05) is 0 Å². The van der Waals surface area contributed by atoms with Crippen molar-refractivity contribution < 1.29 is 8.42 Å². The van der Waals surface area contributed by atoms with Crippen molar-refractivity contribution in [1.82, 2.24) is 14.7 Å². The zero-order chi connectivity index (χ0) is 18.7. The molecule has 6 nitrogen and oxygen atoms in total. The lowest BCUT2D eigenvalue weighted by molar-refractivity contribution is 0.587. The Morgan fingerprint density at radius 1 is 1.19 bits per heavy atom. The molecular weight excluding hydrogens is 372 g/mol. The molecule has 26 heavy (non-hydrogen) atoms. The van der Waals surface area contributed by atoms with E-state index in [1.165, 1.54) is 7.05 Å². The molecule has 2 N–H and O–H groups in total. The van der Waals surface area contributed by atoms with E-state index < -0.39 is 10.0 Å². The molecule has 0 fully saturated rings. The van der Waals surface area contributed by atoms with Crippen molar-refractivity contribution in [1.29, 1.82) is 0 Å². The Labute approximate surface area is 156 Å². The predicted molar refractivity (Wildman–Crippen MR) is 104 cm³/mol. The Bertz CT molecular complexity index is 1110. The number of hydrogen-bond acceptors (Lipinski definition) is 5. The summed E-state index contributed by atoms with van der Waals surface area (Å²) in [4.78, 5) is 8.67. The Balaban J connectivity index is 1.82. The summed E-state index contributed by atoms with van der Waals surface area (Å²) < 4.78 is 25.4. The Morgan fingerprint density at radius 2 is 1.92 bits per heavy atom. The predicted octanol–water partition coefficient (Wildman–Crippen LogP) is 3.06. The summed E-state index contributed by atoms with van der Waals surface area (Å²) >= 11 is 6.24. The topological polar surface area (TPSA) is 84.0 Å². The molecule has 132 valence electrons. The minimum absolute atomic E-state index is 0.0771. The third kappa shape index (κ3) is 3.94. The highest BCUT2D eigenvalue weighted by Gasteiger charge is 2.09. The van der Waals surface area contributed by atoms with Gasteiger partial charge in [-0.15, -0.1) is 6.42 Å². The first-order chi connectivity index (χ1) is 12.4. The van der Waals surface area contributed by atoms with E-state index >= 15 is 0 Å². The average molecular weight is 387 g/mol. The molecule has 0 bridgehead atoms. The lowest BCUT2D eigenvalue weighted by Gasteiger charge is -2.08. The fourth-order valence-corrected chi connectivity index (χ4v) is 3.39. The number of anilines is 2. The molecule has 0 atom stereocenters. The van der Waals surface area contributed by atoms with Gasteiger partial charge in [-0.1, -0.05) is 29.7 Å². The monoisotopic (exact) mass is 386 g/mol. The van der Waals surface area contributed by atoms with Gasteiger partial charge in [-0.25, -0.2) is 23.1 Å². The summed E-state index contributed by atoms with van der Waals surface area (Å²) in [7, 11) is -1.91. The van der Waals surface area contributed by atoms with Gasteiger partial charge in [0.15, 0.2) is 0 Å². The average Bonchev–Trinajstić information content (AvgIpc) is 2.63. The molecule has 0 radical (unpaired) electrons. The van der Waals surface area contributed by atoms with Gasteiger partial charge in [0, 0.05) is 22.8 Å². The molecule has 0 aliphatic heterocycles. The van der Waals surface area contributed by atoms with Crippen molar-refractivity contribution in [2.75, 3.05) is 12.4 Å². The zero-order valence-electron chi connectivity index (χ0n) is 13.8. The fraction of sp³-hybridized carbons (Fsp3) is 0.111. The lowest BCUT2D eigenvalue weighted by atomic mass is 10.1. The molecule has 1 heterocycles. The first-order valence-electron chi connectivity index (χ1n) is 7.61. The van der Waals surface area contributed by atoms with Gasteiger partial charge in [0.2, 0.25) is 16.0 Å². The lowest BCUT2D eigenvalue weighted by Crippen LogP contribution is -2.20. The van der Waals surface area contributed by atoms with Crippen LogP contribution in [0.25, 0.3) is 10.9 Å². The van der Waals surface area contributed by atoms with E-state index in [0.29, 0.717) is 33.0 Å². The minimum Gasteiger partial charge on any atom is -0.324 e. The Morgan fingerprint density at radius 3 is 2.58 bits per heavy atom. The number of nitrogens with one attached hydrogen (secondary N) is 2. The number of aromatic nitrogens is 2. The quantitative estimate of drug-likeness (QED) is 0.658. The van der Waals surface area contributed by atoms with Crippen molar-refractivity contribution in [3.63, 3.8) is 0 Å². The van der Waals surface area contributed by atoms with Gasteiger partial charge in [-0.2, -0.15) is 0 Å². The summed E-state index contributed by atoms with van der Waals surface area (Å²) in [5.41, 5.74) is 2.68. The molecule has 0 saturated carbocycles. The summed E-state index contributed by atoms with van der Waals surface area (Å²) in [5, 5.41) is 4.21. The highest BCUT2D eigenvalue weighted by Crippen LogP contribution is 2.26. The second-order valence-corrected chi connectivity index (χ2v) is 7.79. The molecule has 3 rings (SSSR count). The maximum Gasteiger partial charge on any atom is 0.227 e. The van der Waals surface area contributed by atoms with E-state index in [9.17, 15) is 8.42 Å². The third-order valence-electron chi connectivity index (χ3n) is 3.73. The van der Waals surface area contributed by atoms with Gasteiger partial charge in [-0.3, -0.25) is 0 Å². The maximum atomic E-state index is 11.6. The van der Waals surface area contributed by atoms with E-state index in [-0.39, 0.29) is 5.75 Å². The second kappa shape index (κ2) is 7.30. The smallest absolute Gasteiger partial charge is 0.227 e. The van der Waals surface area contributed by atoms with E-state index in [2.05, 4.69) is 25.9 Å². The Hall–Kier alpha value is -2.66. The van der Waals surface area contributed by atoms with Crippen molar-refractivity contribution in [3.05, 3.63) is 58.7 Å². The van der Waals surface area contributed by atoms with Crippen LogP contribution < -0.4 is 10.0 Å². The molecule has 8 heteroatoms. The molecule has 0 aliphatic rings. The molecule has 1 aromatic heterocycles. The highest BCUT2D eigenvalue weighted by molar-refractivity contribution is 7.88.